The van der Waals surface area contributed by atoms with Crippen molar-refractivity contribution in [3.63, 3.8) is 0 Å². The van der Waals surface area contributed by atoms with Gasteiger partial charge in [0.05, 0.1) is 7.11 Å². The Hall–Kier alpha value is -1.59. The topological polar surface area (TPSA) is 83.0 Å². The number of carbonyl (C=O) groups is 1. The molecule has 0 saturated carbocycles. The second-order valence-electron chi connectivity index (χ2n) is 3.25. The molecule has 1 aromatic heterocycles. The quantitative estimate of drug-likeness (QED) is 0.577. The second-order valence-corrected chi connectivity index (χ2v) is 3.25. The summed E-state index contributed by atoms with van der Waals surface area (Å²) in [6.07, 6.45) is 3.20. The van der Waals surface area contributed by atoms with E-state index in [9.17, 15) is 4.79 Å². The molecule has 0 unspecified atom stereocenters. The van der Waals surface area contributed by atoms with E-state index in [4.69, 9.17) is 5.73 Å². The van der Waals surface area contributed by atoms with Crippen molar-refractivity contribution in [1.29, 1.82) is 0 Å². The van der Waals surface area contributed by atoms with Crippen LogP contribution in [0.15, 0.2) is 0 Å². The van der Waals surface area contributed by atoms with Crippen LogP contribution in [0, 0.1) is 0 Å². The molecule has 1 rings (SSSR count). The third-order valence-corrected chi connectivity index (χ3v) is 2.13. The van der Waals surface area contributed by atoms with Crippen molar-refractivity contribution in [2.45, 2.75) is 32.7 Å². The molecule has 0 radical (unpaired) electrons. The summed E-state index contributed by atoms with van der Waals surface area (Å²) in [6.45, 7) is 2.80. The fourth-order valence-electron chi connectivity index (χ4n) is 1.24. The monoisotopic (exact) mass is 212 g/mol. The van der Waals surface area contributed by atoms with Gasteiger partial charge in [0.1, 0.15) is 0 Å². The lowest BCUT2D eigenvalue weighted by molar-refractivity contribution is 0.0595. The van der Waals surface area contributed by atoms with Gasteiger partial charge < -0.3 is 10.5 Å². The number of unbranched alkanes of at least 4 members (excludes halogenated alkanes) is 2. The maximum Gasteiger partial charge on any atom is 0.362 e. The SMILES string of the molecule is CCCCCn1nnc(C(=O)OC)c1N. The van der Waals surface area contributed by atoms with Gasteiger partial charge in [0.2, 0.25) is 5.69 Å². The Morgan fingerprint density at radius 2 is 2.27 bits per heavy atom. The smallest absolute Gasteiger partial charge is 0.362 e. The number of anilines is 1. The van der Waals surface area contributed by atoms with Crippen LogP contribution in [0.25, 0.3) is 0 Å². The van der Waals surface area contributed by atoms with Crippen molar-refractivity contribution >= 4 is 11.8 Å². The van der Waals surface area contributed by atoms with E-state index in [0.717, 1.165) is 19.3 Å². The van der Waals surface area contributed by atoms with Crippen molar-refractivity contribution in [1.82, 2.24) is 15.0 Å². The molecule has 0 aliphatic heterocycles. The average Bonchev–Trinajstić information content (AvgIpc) is 2.60. The minimum Gasteiger partial charge on any atom is -0.464 e. The number of nitrogens with two attached hydrogens (primary N) is 1. The van der Waals surface area contributed by atoms with Crippen LogP contribution in [-0.2, 0) is 11.3 Å². The van der Waals surface area contributed by atoms with Gasteiger partial charge in [-0.05, 0) is 6.42 Å². The minimum absolute atomic E-state index is 0.0917. The Kier molecular flexibility index (Phi) is 4.08. The zero-order valence-electron chi connectivity index (χ0n) is 9.06. The van der Waals surface area contributed by atoms with E-state index in [1.807, 2.05) is 0 Å². The standard InChI is InChI=1S/C9H16N4O2/c1-3-4-5-6-13-8(10)7(11-12-13)9(14)15-2/h3-6,10H2,1-2H3. The van der Waals surface area contributed by atoms with Crippen molar-refractivity contribution in [2.75, 3.05) is 12.8 Å². The normalized spacial score (nSPS) is 10.3. The zero-order chi connectivity index (χ0) is 11.3. The van der Waals surface area contributed by atoms with E-state index in [2.05, 4.69) is 22.0 Å². The number of methoxy groups -OCH3 is 1. The molecule has 0 spiro atoms. The number of aryl methyl sites for hydroxylation is 1. The predicted octanol–water partition coefficient (Wildman–Crippen LogP) is 0.837. The maximum atomic E-state index is 11.2. The highest BCUT2D eigenvalue weighted by molar-refractivity contribution is 5.91. The van der Waals surface area contributed by atoms with E-state index < -0.39 is 5.97 Å². The number of rotatable bonds is 5. The van der Waals surface area contributed by atoms with E-state index in [1.165, 1.54) is 11.8 Å². The van der Waals surface area contributed by atoms with Crippen molar-refractivity contribution in [3.8, 4) is 0 Å². The average molecular weight is 212 g/mol. The van der Waals surface area contributed by atoms with E-state index in [-0.39, 0.29) is 11.5 Å². The molecule has 0 aliphatic carbocycles. The number of carbonyl (C=O) groups excluding carboxylic acids is 1. The first-order chi connectivity index (χ1) is 7.20. The van der Waals surface area contributed by atoms with Gasteiger partial charge in [-0.2, -0.15) is 0 Å². The van der Waals surface area contributed by atoms with Crippen LogP contribution < -0.4 is 5.73 Å². The van der Waals surface area contributed by atoms with Crippen LogP contribution in [0.4, 0.5) is 5.82 Å². The highest BCUT2D eigenvalue weighted by Gasteiger charge is 2.17. The van der Waals surface area contributed by atoms with Crippen molar-refractivity contribution in [3.05, 3.63) is 5.69 Å². The van der Waals surface area contributed by atoms with Gasteiger partial charge in [0, 0.05) is 6.54 Å². The largest absolute Gasteiger partial charge is 0.464 e. The van der Waals surface area contributed by atoms with Gasteiger partial charge in [-0.15, -0.1) is 5.10 Å². The number of aromatic nitrogens is 3. The molecule has 2 N–H and O–H groups in total. The summed E-state index contributed by atoms with van der Waals surface area (Å²) >= 11 is 0. The van der Waals surface area contributed by atoms with Gasteiger partial charge in [-0.3, -0.25) is 0 Å². The first kappa shape index (κ1) is 11.5. The Labute approximate surface area is 88.4 Å². The second kappa shape index (κ2) is 5.33. The lowest BCUT2D eigenvalue weighted by atomic mass is 10.2. The number of esters is 1. The lowest BCUT2D eigenvalue weighted by Gasteiger charge is -2.01. The third-order valence-electron chi connectivity index (χ3n) is 2.13. The predicted molar refractivity (Wildman–Crippen MR) is 55.3 cm³/mol. The molecule has 0 aliphatic rings. The Balaban J connectivity index is 2.67. The van der Waals surface area contributed by atoms with E-state index >= 15 is 0 Å². The number of nitrogen functional groups attached to an aromatic ring is 1. The highest BCUT2D eigenvalue weighted by atomic mass is 16.5. The summed E-state index contributed by atoms with van der Waals surface area (Å²) in [7, 11) is 1.29. The summed E-state index contributed by atoms with van der Waals surface area (Å²) in [5.41, 5.74) is 5.79. The summed E-state index contributed by atoms with van der Waals surface area (Å²) in [4.78, 5) is 11.2. The molecule has 1 heterocycles. The molecular formula is C9H16N4O2. The first-order valence-electron chi connectivity index (χ1n) is 4.98. The highest BCUT2D eigenvalue weighted by Crippen LogP contribution is 2.10. The van der Waals surface area contributed by atoms with Crippen LogP contribution in [0.1, 0.15) is 36.7 Å². The summed E-state index contributed by atoms with van der Waals surface area (Å²) in [6, 6.07) is 0. The molecule has 0 saturated heterocycles. The Bertz CT molecular complexity index is 335. The van der Waals surface area contributed by atoms with Crippen LogP contribution in [0.3, 0.4) is 0 Å². The summed E-state index contributed by atoms with van der Waals surface area (Å²) in [5.74, 6) is -0.271. The van der Waals surface area contributed by atoms with Gasteiger partial charge >= 0.3 is 5.97 Å². The number of hydrogen-bond donors (Lipinski definition) is 1. The molecule has 0 aromatic carbocycles. The van der Waals surface area contributed by atoms with E-state index in [0.29, 0.717) is 6.54 Å². The van der Waals surface area contributed by atoms with Crippen LogP contribution in [0.5, 0.6) is 0 Å². The molecule has 1 aromatic rings. The molecular weight excluding hydrogens is 196 g/mol. The molecule has 0 fully saturated rings. The van der Waals surface area contributed by atoms with Gasteiger partial charge in [0.15, 0.2) is 5.82 Å². The fourth-order valence-corrected chi connectivity index (χ4v) is 1.24. The third kappa shape index (κ3) is 2.68. The molecule has 0 atom stereocenters. The van der Waals surface area contributed by atoms with E-state index in [1.54, 1.807) is 0 Å². The maximum absolute atomic E-state index is 11.2. The first-order valence-corrected chi connectivity index (χ1v) is 4.98. The molecule has 0 bridgehead atoms. The summed E-state index contributed by atoms with van der Waals surface area (Å²) < 4.78 is 6.05. The molecule has 6 nitrogen and oxygen atoms in total. The van der Waals surface area contributed by atoms with Gasteiger partial charge in [-0.25, -0.2) is 9.48 Å². The molecule has 6 heteroatoms. The minimum atomic E-state index is -0.547. The van der Waals surface area contributed by atoms with Crippen LogP contribution in [-0.4, -0.2) is 28.1 Å². The molecule has 15 heavy (non-hydrogen) atoms. The van der Waals surface area contributed by atoms with Crippen molar-refractivity contribution in [2.24, 2.45) is 0 Å². The van der Waals surface area contributed by atoms with Crippen LogP contribution >= 0.6 is 0 Å². The zero-order valence-corrected chi connectivity index (χ0v) is 9.06. The number of hydrogen-bond acceptors (Lipinski definition) is 5. The Morgan fingerprint density at radius 3 is 2.87 bits per heavy atom. The van der Waals surface area contributed by atoms with Crippen LogP contribution in [0.2, 0.25) is 0 Å². The van der Waals surface area contributed by atoms with Gasteiger partial charge in [-0.1, -0.05) is 25.0 Å². The van der Waals surface area contributed by atoms with Crippen molar-refractivity contribution < 1.29 is 9.53 Å². The number of nitrogens with zero attached hydrogens (tertiary/aromatic N) is 3. The number of ether oxygens (including phenoxy) is 1. The molecule has 0 amide bonds. The lowest BCUT2D eigenvalue weighted by Crippen LogP contribution is -2.09. The molecule has 84 valence electrons. The summed E-state index contributed by atoms with van der Waals surface area (Å²) in [5, 5.41) is 7.48. The Morgan fingerprint density at radius 1 is 1.53 bits per heavy atom. The van der Waals surface area contributed by atoms with Gasteiger partial charge in [0.25, 0.3) is 0 Å². The fraction of sp³-hybridized carbons (Fsp3) is 0.667.